The van der Waals surface area contributed by atoms with Crippen LogP contribution in [0.5, 0.6) is 0 Å². The first-order valence-electron chi connectivity index (χ1n) is 10.0. The fourth-order valence-electron chi connectivity index (χ4n) is 5.14. The fraction of sp³-hybridized carbons (Fsp3) is 0.435. The molecule has 0 aromatic heterocycles. The van der Waals surface area contributed by atoms with Gasteiger partial charge >= 0.3 is 6.09 Å². The zero-order chi connectivity index (χ0) is 19.8. The van der Waals surface area contributed by atoms with Crippen LogP contribution in [0.2, 0.25) is 5.02 Å². The molecule has 2 bridgehead atoms. The van der Waals surface area contributed by atoms with Crippen LogP contribution in [0.1, 0.15) is 32.1 Å². The van der Waals surface area contributed by atoms with E-state index in [1.165, 1.54) is 19.3 Å². The molecule has 4 nitrogen and oxygen atoms in total. The third-order valence-corrected chi connectivity index (χ3v) is 7.26. The molecule has 148 valence electrons. The number of hydrogen-bond acceptors (Lipinski definition) is 2. The van der Waals surface area contributed by atoms with E-state index >= 15 is 0 Å². The molecule has 2 aromatic carbocycles. The average molecular weight is 400 g/mol. The highest BCUT2D eigenvalue weighted by atomic mass is 35.5. The first-order chi connectivity index (χ1) is 13.4. The molecular formula is C23H28ClN2O2+. The number of rotatable bonds is 4. The number of carbonyl (C=O) groups excluding carboxylic acids is 1. The number of hydrogen-bond donors (Lipinski definition) is 1. The number of anilines is 1. The molecule has 0 saturated carbocycles. The maximum absolute atomic E-state index is 12.6. The normalized spacial score (nSPS) is 25.3. The molecule has 4 rings (SSSR count). The van der Waals surface area contributed by atoms with Gasteiger partial charge in [-0.3, -0.25) is 5.32 Å². The SMILES string of the molecule is C[N+]1(C)[C@@H]2CCC[C@@]1(COC(=O)Nc1ccccc1-c1cccc(Cl)c1)CC2. The van der Waals surface area contributed by atoms with Gasteiger partial charge in [-0.05, 0) is 36.6 Å². The van der Waals surface area contributed by atoms with Gasteiger partial charge in [-0.25, -0.2) is 4.79 Å². The lowest BCUT2D eigenvalue weighted by Crippen LogP contribution is -2.63. The number of fused-ring (bicyclic) bond motifs is 2. The number of quaternary nitrogens is 1. The Morgan fingerprint density at radius 3 is 2.82 bits per heavy atom. The number of piperidine rings is 1. The quantitative estimate of drug-likeness (QED) is 0.668. The zero-order valence-corrected chi connectivity index (χ0v) is 17.3. The molecule has 2 aromatic rings. The molecule has 2 aliphatic rings. The summed E-state index contributed by atoms with van der Waals surface area (Å²) in [4.78, 5) is 12.6. The number of amides is 1. The molecule has 0 spiro atoms. The first-order valence-corrected chi connectivity index (χ1v) is 10.4. The summed E-state index contributed by atoms with van der Waals surface area (Å²) in [7, 11) is 4.60. The molecule has 2 heterocycles. The number of carbonyl (C=O) groups is 1. The molecule has 2 atom stereocenters. The molecule has 0 aliphatic carbocycles. The van der Waals surface area contributed by atoms with Crippen LogP contribution in [-0.4, -0.2) is 42.9 Å². The summed E-state index contributed by atoms with van der Waals surface area (Å²) in [6.45, 7) is 0.474. The summed E-state index contributed by atoms with van der Waals surface area (Å²) in [5.41, 5.74) is 2.68. The largest absolute Gasteiger partial charge is 0.443 e. The Kier molecular flexibility index (Phi) is 5.11. The van der Waals surface area contributed by atoms with E-state index in [9.17, 15) is 4.79 Å². The van der Waals surface area contributed by atoms with Gasteiger partial charge in [0.15, 0.2) is 0 Å². The van der Waals surface area contributed by atoms with Crippen molar-refractivity contribution in [2.45, 2.75) is 43.7 Å². The monoisotopic (exact) mass is 399 g/mol. The van der Waals surface area contributed by atoms with E-state index in [1.807, 2.05) is 48.5 Å². The van der Waals surface area contributed by atoms with E-state index in [0.717, 1.165) is 34.1 Å². The van der Waals surface area contributed by atoms with Crippen molar-refractivity contribution in [1.82, 2.24) is 0 Å². The van der Waals surface area contributed by atoms with Gasteiger partial charge < -0.3 is 9.22 Å². The predicted octanol–water partition coefficient (Wildman–Crippen LogP) is 5.72. The van der Waals surface area contributed by atoms with Crippen LogP contribution in [-0.2, 0) is 4.74 Å². The summed E-state index contributed by atoms with van der Waals surface area (Å²) < 4.78 is 6.74. The Morgan fingerprint density at radius 2 is 2.00 bits per heavy atom. The van der Waals surface area contributed by atoms with Gasteiger partial charge in [-0.1, -0.05) is 41.9 Å². The highest BCUT2D eigenvalue weighted by Crippen LogP contribution is 2.48. The molecule has 0 unspecified atom stereocenters. The van der Waals surface area contributed by atoms with Crippen molar-refractivity contribution in [3.63, 3.8) is 0 Å². The van der Waals surface area contributed by atoms with Crippen molar-refractivity contribution < 1.29 is 14.0 Å². The molecule has 0 radical (unpaired) electrons. The van der Waals surface area contributed by atoms with E-state index < -0.39 is 6.09 Å². The van der Waals surface area contributed by atoms with Crippen molar-refractivity contribution in [3.05, 3.63) is 53.6 Å². The second-order valence-electron chi connectivity index (χ2n) is 8.61. The predicted molar refractivity (Wildman–Crippen MR) is 114 cm³/mol. The van der Waals surface area contributed by atoms with Crippen LogP contribution in [0.3, 0.4) is 0 Å². The topological polar surface area (TPSA) is 38.3 Å². The molecular weight excluding hydrogens is 372 g/mol. The summed E-state index contributed by atoms with van der Waals surface area (Å²) in [5.74, 6) is 0. The van der Waals surface area contributed by atoms with Crippen molar-refractivity contribution in [2.75, 3.05) is 26.0 Å². The average Bonchev–Trinajstić information content (AvgIpc) is 2.83. The number of nitrogens with zero attached hydrogens (tertiary/aromatic N) is 1. The lowest BCUT2D eigenvalue weighted by atomic mass is 9.87. The van der Waals surface area contributed by atoms with E-state index in [1.54, 1.807) is 0 Å². The number of ether oxygens (including phenoxy) is 1. The minimum atomic E-state index is -0.391. The number of benzene rings is 2. The van der Waals surface area contributed by atoms with Crippen LogP contribution >= 0.6 is 11.6 Å². The Balaban J connectivity index is 1.47. The molecule has 1 N–H and O–H groups in total. The molecule has 5 heteroatoms. The summed E-state index contributed by atoms with van der Waals surface area (Å²) in [6.07, 6.45) is 5.62. The molecule has 1 amide bonds. The van der Waals surface area contributed by atoms with Crippen molar-refractivity contribution >= 4 is 23.4 Å². The van der Waals surface area contributed by atoms with Gasteiger partial charge in [0, 0.05) is 29.8 Å². The number of likely N-dealkylation sites (N-methyl/N-ethyl adjacent to an activating group) is 1. The third-order valence-electron chi connectivity index (χ3n) is 7.03. The summed E-state index contributed by atoms with van der Waals surface area (Å²) in [5, 5.41) is 3.61. The Hall–Kier alpha value is -2.04. The minimum Gasteiger partial charge on any atom is -0.443 e. The maximum atomic E-state index is 12.6. The van der Waals surface area contributed by atoms with E-state index in [0.29, 0.717) is 17.7 Å². The van der Waals surface area contributed by atoms with Gasteiger partial charge in [-0.15, -0.1) is 0 Å². The smallest absolute Gasteiger partial charge is 0.411 e. The Morgan fingerprint density at radius 1 is 1.18 bits per heavy atom. The highest BCUT2D eigenvalue weighted by Gasteiger charge is 2.58. The number of nitrogens with one attached hydrogen (secondary N) is 1. The molecule has 2 saturated heterocycles. The Bertz CT molecular complexity index is 878. The third kappa shape index (κ3) is 3.40. The summed E-state index contributed by atoms with van der Waals surface area (Å²) in [6, 6.07) is 16.1. The van der Waals surface area contributed by atoms with Gasteiger partial charge in [0.25, 0.3) is 0 Å². The van der Waals surface area contributed by atoms with Crippen LogP contribution in [0.15, 0.2) is 48.5 Å². The summed E-state index contributed by atoms with van der Waals surface area (Å²) >= 11 is 6.14. The lowest BCUT2D eigenvalue weighted by molar-refractivity contribution is -0.956. The van der Waals surface area contributed by atoms with Crippen LogP contribution in [0.4, 0.5) is 10.5 Å². The molecule has 2 aliphatic heterocycles. The lowest BCUT2D eigenvalue weighted by Gasteiger charge is -2.49. The van der Waals surface area contributed by atoms with Crippen molar-refractivity contribution in [3.8, 4) is 11.1 Å². The highest BCUT2D eigenvalue weighted by molar-refractivity contribution is 6.30. The minimum absolute atomic E-state index is 0.0622. The van der Waals surface area contributed by atoms with Gasteiger partial charge in [0.05, 0.1) is 25.8 Å². The van der Waals surface area contributed by atoms with E-state index in [2.05, 4.69) is 19.4 Å². The molecule has 2 fully saturated rings. The van der Waals surface area contributed by atoms with Crippen LogP contribution in [0, 0.1) is 0 Å². The zero-order valence-electron chi connectivity index (χ0n) is 16.6. The fourth-order valence-corrected chi connectivity index (χ4v) is 5.33. The number of para-hydroxylation sites is 1. The van der Waals surface area contributed by atoms with E-state index in [-0.39, 0.29) is 5.54 Å². The van der Waals surface area contributed by atoms with Crippen LogP contribution < -0.4 is 5.32 Å². The van der Waals surface area contributed by atoms with Gasteiger partial charge in [0.2, 0.25) is 0 Å². The van der Waals surface area contributed by atoms with Crippen molar-refractivity contribution in [2.24, 2.45) is 0 Å². The van der Waals surface area contributed by atoms with E-state index in [4.69, 9.17) is 16.3 Å². The van der Waals surface area contributed by atoms with Gasteiger partial charge in [0.1, 0.15) is 12.1 Å². The molecule has 28 heavy (non-hydrogen) atoms. The standard InChI is InChI=1S/C23H27ClN2O2/c1-26(2)19-9-6-13-23(26,14-12-19)16-28-22(27)25-21-11-4-3-10-20(21)17-7-5-8-18(24)15-17/h3-5,7-8,10-11,15,19H,6,9,12-14,16H2,1-2H3/p+1/t19-,23+/m1/s1. The number of halogens is 1. The Labute approximate surface area is 172 Å². The maximum Gasteiger partial charge on any atom is 0.411 e. The second-order valence-corrected chi connectivity index (χ2v) is 9.04. The van der Waals surface area contributed by atoms with Crippen LogP contribution in [0.25, 0.3) is 11.1 Å². The van der Waals surface area contributed by atoms with Crippen molar-refractivity contribution in [1.29, 1.82) is 0 Å². The first kappa shape index (κ1) is 19.3. The second kappa shape index (κ2) is 7.41. The van der Waals surface area contributed by atoms with Gasteiger partial charge in [-0.2, -0.15) is 0 Å².